The number of carboxylic acid groups (broad SMARTS) is 1. The summed E-state index contributed by atoms with van der Waals surface area (Å²) in [5.74, 6) is 1.15. The Balaban J connectivity index is 2.07. The van der Waals surface area contributed by atoms with Crippen molar-refractivity contribution >= 4 is 40.8 Å². The van der Waals surface area contributed by atoms with Gasteiger partial charge in [-0.05, 0) is 32.0 Å². The van der Waals surface area contributed by atoms with E-state index in [-0.39, 0.29) is 12.0 Å². The molecule has 0 bridgehead atoms. The summed E-state index contributed by atoms with van der Waals surface area (Å²) in [6.07, 6.45) is 2.01. The number of aromatic nitrogens is 4. The molecule has 0 atom stereocenters. The van der Waals surface area contributed by atoms with Gasteiger partial charge in [0.25, 0.3) is 0 Å². The van der Waals surface area contributed by atoms with Crippen molar-refractivity contribution in [1.29, 1.82) is 0 Å². The largest absolute Gasteiger partial charge is 0.495 e. The molecule has 0 saturated heterocycles. The first-order chi connectivity index (χ1) is 12.4. The zero-order valence-electron chi connectivity index (χ0n) is 14.3. The predicted molar refractivity (Wildman–Crippen MR) is 97.7 cm³/mol. The van der Waals surface area contributed by atoms with Crippen LogP contribution in [0.1, 0.15) is 13.8 Å². The Bertz CT molecular complexity index is 958. The molecule has 1 amide bonds. The summed E-state index contributed by atoms with van der Waals surface area (Å²) in [4.78, 5) is 17.0. The minimum Gasteiger partial charge on any atom is -0.495 e. The standard InChI is InChI=1S/C16H17ClN6O3/c1-9(2)23(16(24)25)15-21-20-14-13(18-6-7-22(14)15)19-11-8-10(17)4-5-12(11)26-3/h4-9H,1-3H3,(H,18,19)(H,24,25). The van der Waals surface area contributed by atoms with Crippen molar-refractivity contribution in [3.8, 4) is 5.75 Å². The van der Waals surface area contributed by atoms with Crippen LogP contribution < -0.4 is 15.0 Å². The van der Waals surface area contributed by atoms with Crippen LogP contribution in [0.3, 0.4) is 0 Å². The highest BCUT2D eigenvalue weighted by molar-refractivity contribution is 6.31. The minimum absolute atomic E-state index is 0.186. The summed E-state index contributed by atoms with van der Waals surface area (Å²) in [7, 11) is 1.55. The number of benzene rings is 1. The normalized spacial score (nSPS) is 11.0. The Morgan fingerprint density at radius 2 is 2.15 bits per heavy atom. The van der Waals surface area contributed by atoms with Crippen LogP contribution >= 0.6 is 11.6 Å². The van der Waals surface area contributed by atoms with Gasteiger partial charge < -0.3 is 15.2 Å². The summed E-state index contributed by atoms with van der Waals surface area (Å²) in [6.45, 7) is 3.51. The summed E-state index contributed by atoms with van der Waals surface area (Å²) in [6, 6.07) is 4.82. The molecule has 136 valence electrons. The highest BCUT2D eigenvalue weighted by atomic mass is 35.5. The first-order valence-electron chi connectivity index (χ1n) is 7.74. The average molecular weight is 377 g/mol. The number of anilines is 3. The second-order valence-corrected chi connectivity index (χ2v) is 6.12. The number of fused-ring (bicyclic) bond motifs is 1. The summed E-state index contributed by atoms with van der Waals surface area (Å²) >= 11 is 6.05. The molecular formula is C16H17ClN6O3. The van der Waals surface area contributed by atoms with E-state index in [1.54, 1.807) is 49.8 Å². The molecule has 2 N–H and O–H groups in total. The van der Waals surface area contributed by atoms with Gasteiger partial charge in [-0.1, -0.05) is 11.6 Å². The average Bonchev–Trinajstić information content (AvgIpc) is 2.99. The number of rotatable bonds is 5. The van der Waals surface area contributed by atoms with Gasteiger partial charge in [-0.25, -0.2) is 14.7 Å². The molecular weight excluding hydrogens is 360 g/mol. The van der Waals surface area contributed by atoms with E-state index in [4.69, 9.17) is 16.3 Å². The van der Waals surface area contributed by atoms with Gasteiger partial charge in [0.1, 0.15) is 5.75 Å². The molecule has 9 nitrogen and oxygen atoms in total. The Morgan fingerprint density at radius 1 is 1.38 bits per heavy atom. The first-order valence-corrected chi connectivity index (χ1v) is 8.12. The lowest BCUT2D eigenvalue weighted by Crippen LogP contribution is -2.37. The van der Waals surface area contributed by atoms with Crippen molar-refractivity contribution in [2.24, 2.45) is 0 Å². The van der Waals surface area contributed by atoms with Gasteiger partial charge in [0.05, 0.1) is 12.8 Å². The third-order valence-corrected chi connectivity index (χ3v) is 3.90. The summed E-state index contributed by atoms with van der Waals surface area (Å²) in [5.41, 5.74) is 0.973. The molecule has 0 spiro atoms. The zero-order valence-corrected chi connectivity index (χ0v) is 15.1. The van der Waals surface area contributed by atoms with Crippen molar-refractivity contribution < 1.29 is 14.6 Å². The molecule has 3 rings (SSSR count). The number of amides is 1. The third-order valence-electron chi connectivity index (χ3n) is 3.66. The van der Waals surface area contributed by atoms with E-state index in [1.807, 2.05) is 0 Å². The monoisotopic (exact) mass is 376 g/mol. The Kier molecular flexibility index (Phi) is 4.81. The molecule has 26 heavy (non-hydrogen) atoms. The van der Waals surface area contributed by atoms with Crippen LogP contribution in [0.2, 0.25) is 5.02 Å². The molecule has 1 aromatic carbocycles. The molecule has 3 aromatic rings. The van der Waals surface area contributed by atoms with Crippen molar-refractivity contribution in [2.45, 2.75) is 19.9 Å². The summed E-state index contributed by atoms with van der Waals surface area (Å²) in [5, 5.41) is 21.2. The number of carbonyl (C=O) groups is 1. The zero-order chi connectivity index (χ0) is 18.8. The number of hydrogen-bond donors (Lipinski definition) is 2. The smallest absolute Gasteiger partial charge is 0.414 e. The highest BCUT2D eigenvalue weighted by Crippen LogP contribution is 2.31. The Labute approximate surface area is 154 Å². The second-order valence-electron chi connectivity index (χ2n) is 5.69. The lowest BCUT2D eigenvalue weighted by molar-refractivity contribution is 0.199. The van der Waals surface area contributed by atoms with Gasteiger partial charge in [0.15, 0.2) is 5.82 Å². The van der Waals surface area contributed by atoms with Crippen molar-refractivity contribution in [2.75, 3.05) is 17.3 Å². The fourth-order valence-electron chi connectivity index (χ4n) is 2.51. The van der Waals surface area contributed by atoms with Gasteiger partial charge >= 0.3 is 6.09 Å². The number of methoxy groups -OCH3 is 1. The van der Waals surface area contributed by atoms with E-state index in [1.165, 1.54) is 6.20 Å². The number of hydrogen-bond acceptors (Lipinski definition) is 6. The topological polar surface area (TPSA) is 105 Å². The molecule has 0 unspecified atom stereocenters. The molecule has 0 aliphatic heterocycles. The van der Waals surface area contributed by atoms with Crippen LogP contribution in [0.5, 0.6) is 5.75 Å². The highest BCUT2D eigenvalue weighted by Gasteiger charge is 2.24. The number of nitrogens with zero attached hydrogens (tertiary/aromatic N) is 5. The van der Waals surface area contributed by atoms with Crippen LogP contribution in [0.4, 0.5) is 22.2 Å². The van der Waals surface area contributed by atoms with Crippen LogP contribution in [0.15, 0.2) is 30.6 Å². The maximum atomic E-state index is 11.6. The van der Waals surface area contributed by atoms with Crippen molar-refractivity contribution in [1.82, 2.24) is 19.6 Å². The minimum atomic E-state index is -1.11. The lowest BCUT2D eigenvalue weighted by Gasteiger charge is -2.20. The van der Waals surface area contributed by atoms with E-state index in [0.29, 0.717) is 27.9 Å². The van der Waals surface area contributed by atoms with E-state index in [9.17, 15) is 9.90 Å². The maximum Gasteiger partial charge on any atom is 0.414 e. The third kappa shape index (κ3) is 3.21. The van der Waals surface area contributed by atoms with Crippen LogP contribution in [0.25, 0.3) is 5.65 Å². The predicted octanol–water partition coefficient (Wildman–Crippen LogP) is 3.42. The quantitative estimate of drug-likeness (QED) is 0.702. The molecule has 0 radical (unpaired) electrons. The Hall–Kier alpha value is -3.07. The summed E-state index contributed by atoms with van der Waals surface area (Å²) < 4.78 is 6.87. The van der Waals surface area contributed by atoms with Crippen LogP contribution in [0, 0.1) is 0 Å². The first kappa shape index (κ1) is 17.7. The van der Waals surface area contributed by atoms with E-state index in [2.05, 4.69) is 20.5 Å². The fourth-order valence-corrected chi connectivity index (χ4v) is 2.68. The maximum absolute atomic E-state index is 11.6. The number of ether oxygens (including phenoxy) is 1. The molecule has 0 aliphatic carbocycles. The van der Waals surface area contributed by atoms with E-state index < -0.39 is 6.09 Å². The molecule has 0 fully saturated rings. The molecule has 2 aromatic heterocycles. The van der Waals surface area contributed by atoms with Crippen molar-refractivity contribution in [3.63, 3.8) is 0 Å². The van der Waals surface area contributed by atoms with Gasteiger partial charge in [0.2, 0.25) is 11.6 Å². The number of nitrogens with one attached hydrogen (secondary N) is 1. The molecule has 2 heterocycles. The van der Waals surface area contributed by atoms with E-state index in [0.717, 1.165) is 4.90 Å². The van der Waals surface area contributed by atoms with Crippen LogP contribution in [-0.4, -0.2) is 43.9 Å². The van der Waals surface area contributed by atoms with Gasteiger partial charge in [-0.15, -0.1) is 10.2 Å². The fraction of sp³-hybridized carbons (Fsp3) is 0.250. The molecule has 10 heteroatoms. The van der Waals surface area contributed by atoms with Gasteiger partial charge in [-0.2, -0.15) is 0 Å². The second kappa shape index (κ2) is 7.04. The SMILES string of the molecule is COc1ccc(Cl)cc1Nc1nccn2c(N(C(=O)O)C(C)C)nnc12. The Morgan fingerprint density at radius 3 is 2.81 bits per heavy atom. The van der Waals surface area contributed by atoms with E-state index >= 15 is 0 Å². The molecule has 0 saturated carbocycles. The number of halogens is 1. The van der Waals surface area contributed by atoms with Crippen molar-refractivity contribution in [3.05, 3.63) is 35.6 Å². The van der Waals surface area contributed by atoms with Crippen LogP contribution in [-0.2, 0) is 0 Å². The van der Waals surface area contributed by atoms with Gasteiger partial charge in [0, 0.05) is 23.5 Å². The lowest BCUT2D eigenvalue weighted by atomic mass is 10.3. The molecule has 0 aliphatic rings. The van der Waals surface area contributed by atoms with Gasteiger partial charge in [-0.3, -0.25) is 4.40 Å².